The molecule has 1 amide bonds. The van der Waals surface area contributed by atoms with Gasteiger partial charge in [0.15, 0.2) is 0 Å². The van der Waals surface area contributed by atoms with Crippen molar-refractivity contribution in [1.82, 2.24) is 14.8 Å². The molecule has 31 heavy (non-hydrogen) atoms. The molecule has 1 aromatic heterocycles. The first kappa shape index (κ1) is 18.2. The van der Waals surface area contributed by atoms with Crippen molar-refractivity contribution < 1.29 is 4.79 Å². The van der Waals surface area contributed by atoms with Crippen LogP contribution in [0.5, 0.6) is 0 Å². The average molecular weight is 409 g/mol. The Labute approximate surface area is 181 Å². The van der Waals surface area contributed by atoms with E-state index in [0.29, 0.717) is 13.1 Å². The van der Waals surface area contributed by atoms with Crippen LogP contribution in [0.1, 0.15) is 27.5 Å². The van der Waals surface area contributed by atoms with E-state index in [0.717, 1.165) is 35.2 Å². The van der Waals surface area contributed by atoms with Gasteiger partial charge in [-0.3, -0.25) is 9.69 Å². The first-order valence-electron chi connectivity index (χ1n) is 10.8. The molecule has 4 aromatic rings. The van der Waals surface area contributed by atoms with Crippen LogP contribution in [0.25, 0.3) is 22.0 Å². The molecule has 2 heterocycles. The van der Waals surface area contributed by atoms with E-state index >= 15 is 0 Å². The molecule has 1 saturated heterocycles. The Balaban J connectivity index is 1.25. The Hall–Kier alpha value is -3.57. The number of nitrogen functional groups attached to an aromatic ring is 1. The molecule has 1 unspecified atom stereocenters. The maximum absolute atomic E-state index is 13.1. The van der Waals surface area contributed by atoms with Crippen LogP contribution in [-0.2, 0) is 0 Å². The number of amides is 1. The smallest absolute Gasteiger partial charge is 0.253 e. The summed E-state index contributed by atoms with van der Waals surface area (Å²) in [6, 6.07) is 22.8. The number of H-pyrrole nitrogens is 1. The number of nitrogens with one attached hydrogen (secondary N) is 1. The van der Waals surface area contributed by atoms with Gasteiger partial charge in [-0.1, -0.05) is 36.4 Å². The fourth-order valence-electron chi connectivity index (χ4n) is 5.19. The van der Waals surface area contributed by atoms with E-state index in [1.54, 1.807) is 0 Å². The van der Waals surface area contributed by atoms with Crippen LogP contribution in [0.4, 0.5) is 5.69 Å². The highest BCUT2D eigenvalue weighted by molar-refractivity contribution is 5.98. The zero-order chi connectivity index (χ0) is 20.9. The number of aromatic amines is 1. The number of hydrogen-bond acceptors (Lipinski definition) is 3. The van der Waals surface area contributed by atoms with E-state index in [2.05, 4.69) is 40.2 Å². The molecule has 2 aliphatic rings. The molecule has 6 rings (SSSR count). The summed E-state index contributed by atoms with van der Waals surface area (Å²) in [5, 5.41) is 1.07. The Kier molecular flexibility index (Phi) is 4.11. The van der Waals surface area contributed by atoms with E-state index in [-0.39, 0.29) is 11.9 Å². The lowest BCUT2D eigenvalue weighted by Crippen LogP contribution is -2.49. The molecule has 0 bridgehead atoms. The van der Waals surface area contributed by atoms with Gasteiger partial charge >= 0.3 is 0 Å². The van der Waals surface area contributed by atoms with Crippen molar-refractivity contribution in [3.8, 4) is 11.1 Å². The number of benzene rings is 3. The van der Waals surface area contributed by atoms with Gasteiger partial charge in [-0.25, -0.2) is 0 Å². The van der Waals surface area contributed by atoms with E-state index < -0.39 is 0 Å². The van der Waals surface area contributed by atoms with Gasteiger partial charge in [-0.05, 0) is 47.0 Å². The van der Waals surface area contributed by atoms with E-state index in [1.165, 1.54) is 22.3 Å². The van der Waals surface area contributed by atoms with Gasteiger partial charge in [0.2, 0.25) is 0 Å². The molecule has 0 spiro atoms. The number of anilines is 1. The molecule has 1 aliphatic heterocycles. The largest absolute Gasteiger partial charge is 0.398 e. The van der Waals surface area contributed by atoms with Crippen molar-refractivity contribution in [3.63, 3.8) is 0 Å². The summed E-state index contributed by atoms with van der Waals surface area (Å²) < 4.78 is 0. The number of piperazine rings is 1. The van der Waals surface area contributed by atoms with Gasteiger partial charge in [0.25, 0.3) is 5.91 Å². The summed E-state index contributed by atoms with van der Waals surface area (Å²) in [6.45, 7) is 3.07. The van der Waals surface area contributed by atoms with Gasteiger partial charge < -0.3 is 15.6 Å². The van der Waals surface area contributed by atoms with Crippen molar-refractivity contribution in [2.45, 2.75) is 6.04 Å². The third-order valence-corrected chi connectivity index (χ3v) is 6.73. The molecule has 1 atom stereocenters. The van der Waals surface area contributed by atoms with Gasteiger partial charge in [0.1, 0.15) is 0 Å². The van der Waals surface area contributed by atoms with Gasteiger partial charge in [0, 0.05) is 60.1 Å². The summed E-state index contributed by atoms with van der Waals surface area (Å²) in [5.74, 6) is 0.106. The zero-order valence-electron chi connectivity index (χ0n) is 17.2. The predicted octanol–water partition coefficient (Wildman–Crippen LogP) is 4.28. The summed E-state index contributed by atoms with van der Waals surface area (Å²) in [6.07, 6.45) is 1.90. The Bertz CT molecular complexity index is 1300. The second kappa shape index (κ2) is 7.00. The third-order valence-electron chi connectivity index (χ3n) is 6.73. The summed E-state index contributed by atoms with van der Waals surface area (Å²) >= 11 is 0. The van der Waals surface area contributed by atoms with Crippen LogP contribution in [0, 0.1) is 0 Å². The molecule has 154 valence electrons. The van der Waals surface area contributed by atoms with Crippen molar-refractivity contribution in [1.29, 1.82) is 0 Å². The maximum Gasteiger partial charge on any atom is 0.253 e. The van der Waals surface area contributed by atoms with Crippen LogP contribution in [0.2, 0.25) is 0 Å². The minimum absolute atomic E-state index is 0.106. The molecule has 5 heteroatoms. The van der Waals surface area contributed by atoms with E-state index in [9.17, 15) is 4.79 Å². The highest BCUT2D eigenvalue weighted by Gasteiger charge is 2.36. The molecule has 1 aliphatic carbocycles. The molecular formula is C26H24N4O. The normalized spacial score (nSPS) is 18.2. The predicted molar refractivity (Wildman–Crippen MR) is 124 cm³/mol. The number of carbonyl (C=O) groups excluding carboxylic acids is 1. The van der Waals surface area contributed by atoms with Crippen molar-refractivity contribution in [2.24, 2.45) is 0 Å². The summed E-state index contributed by atoms with van der Waals surface area (Å²) in [5.41, 5.74) is 14.1. The Morgan fingerprint density at radius 3 is 2.58 bits per heavy atom. The fraction of sp³-hybridized carbons (Fsp3) is 0.192. The summed E-state index contributed by atoms with van der Waals surface area (Å²) in [4.78, 5) is 20.7. The summed E-state index contributed by atoms with van der Waals surface area (Å²) in [7, 11) is 0. The number of aromatic nitrogens is 1. The minimum Gasteiger partial charge on any atom is -0.398 e. The Morgan fingerprint density at radius 2 is 1.71 bits per heavy atom. The number of rotatable bonds is 2. The number of hydrogen-bond donors (Lipinski definition) is 2. The fourth-order valence-corrected chi connectivity index (χ4v) is 5.19. The van der Waals surface area contributed by atoms with Crippen molar-refractivity contribution in [2.75, 3.05) is 31.9 Å². The lowest BCUT2D eigenvalue weighted by Gasteiger charge is -2.39. The van der Waals surface area contributed by atoms with Crippen LogP contribution >= 0.6 is 0 Å². The first-order chi connectivity index (χ1) is 15.2. The van der Waals surface area contributed by atoms with Crippen LogP contribution < -0.4 is 5.73 Å². The third kappa shape index (κ3) is 2.85. The van der Waals surface area contributed by atoms with Gasteiger partial charge in [0.05, 0.1) is 6.04 Å². The highest BCUT2D eigenvalue weighted by atomic mass is 16.2. The van der Waals surface area contributed by atoms with Gasteiger partial charge in [-0.15, -0.1) is 0 Å². The molecule has 3 N–H and O–H groups in total. The number of nitrogens with two attached hydrogens (primary N) is 1. The van der Waals surface area contributed by atoms with Crippen molar-refractivity contribution >= 4 is 22.5 Å². The number of nitrogens with zero attached hydrogens (tertiary/aromatic N) is 2. The average Bonchev–Trinajstić information content (AvgIpc) is 3.41. The zero-order valence-corrected chi connectivity index (χ0v) is 17.2. The molecule has 0 radical (unpaired) electrons. The monoisotopic (exact) mass is 408 g/mol. The minimum atomic E-state index is 0.106. The lowest BCUT2D eigenvalue weighted by atomic mass is 10.0. The first-order valence-corrected chi connectivity index (χ1v) is 10.8. The Morgan fingerprint density at radius 1 is 0.903 bits per heavy atom. The quantitative estimate of drug-likeness (QED) is 0.487. The van der Waals surface area contributed by atoms with Crippen LogP contribution in [0.3, 0.4) is 0 Å². The lowest BCUT2D eigenvalue weighted by molar-refractivity contribution is 0.0600. The van der Waals surface area contributed by atoms with Crippen molar-refractivity contribution in [3.05, 3.63) is 89.6 Å². The second-order valence-corrected chi connectivity index (χ2v) is 8.41. The SMILES string of the molecule is Nc1cccc2c1C(N1CCN(C(=O)c3ccc4[nH]ccc4c3)CC1)c1ccccc1-2. The maximum atomic E-state index is 13.1. The standard InChI is InChI=1S/C26H24N4O/c27-22-7-3-6-20-19-4-1-2-5-21(19)25(24(20)22)29-12-14-30(15-13-29)26(31)18-8-9-23-17(16-18)10-11-28-23/h1-11,16,25,28H,12-15,27H2. The highest BCUT2D eigenvalue weighted by Crippen LogP contribution is 2.48. The van der Waals surface area contributed by atoms with Gasteiger partial charge in [-0.2, -0.15) is 0 Å². The van der Waals surface area contributed by atoms with Crippen LogP contribution in [-0.4, -0.2) is 46.9 Å². The molecule has 1 fully saturated rings. The second-order valence-electron chi connectivity index (χ2n) is 8.41. The topological polar surface area (TPSA) is 65.4 Å². The molecule has 5 nitrogen and oxygen atoms in total. The molecular weight excluding hydrogens is 384 g/mol. The van der Waals surface area contributed by atoms with E-state index in [1.807, 2.05) is 47.5 Å². The van der Waals surface area contributed by atoms with E-state index in [4.69, 9.17) is 5.73 Å². The number of fused-ring (bicyclic) bond motifs is 4. The molecule has 3 aromatic carbocycles. The number of carbonyl (C=O) groups is 1. The molecule has 0 saturated carbocycles. The van der Waals surface area contributed by atoms with Crippen LogP contribution in [0.15, 0.2) is 72.9 Å².